The van der Waals surface area contributed by atoms with Gasteiger partial charge in [0.05, 0.1) is 25.5 Å². The van der Waals surface area contributed by atoms with Crippen LogP contribution in [0, 0.1) is 12.3 Å². The van der Waals surface area contributed by atoms with Crippen molar-refractivity contribution in [3.05, 3.63) is 35.4 Å². The number of aromatic nitrogens is 4. The lowest BCUT2D eigenvalue weighted by Crippen LogP contribution is -2.50. The van der Waals surface area contributed by atoms with Gasteiger partial charge >= 0.3 is 0 Å². The summed E-state index contributed by atoms with van der Waals surface area (Å²) in [4.78, 5) is 32.9. The zero-order valence-electron chi connectivity index (χ0n) is 20.5. The second-order valence-electron chi connectivity index (χ2n) is 10.4. The minimum atomic E-state index is -0.783. The molecule has 1 aliphatic heterocycles. The first kappa shape index (κ1) is 24.1. The molecule has 3 heterocycles. The number of ether oxygens (including phenoxy) is 1. The number of rotatable bonds is 7. The third-order valence-electron chi connectivity index (χ3n) is 6.43. The van der Waals surface area contributed by atoms with Crippen molar-refractivity contribution in [3.8, 4) is 5.75 Å². The largest absolute Gasteiger partial charge is 0.495 e. The molecule has 2 N–H and O–H groups in total. The molecule has 34 heavy (non-hydrogen) atoms. The van der Waals surface area contributed by atoms with Crippen LogP contribution in [-0.2, 0) is 16.1 Å². The summed E-state index contributed by atoms with van der Waals surface area (Å²) in [5.74, 6) is 0.419. The number of aryl methyl sites for hydroxylation is 1. The van der Waals surface area contributed by atoms with E-state index in [1.165, 1.54) is 4.90 Å². The van der Waals surface area contributed by atoms with E-state index in [1.54, 1.807) is 17.9 Å². The predicted octanol–water partition coefficient (Wildman–Crippen LogP) is 1.73. The Labute approximate surface area is 199 Å². The van der Waals surface area contributed by atoms with Crippen LogP contribution in [0.3, 0.4) is 0 Å². The number of hydrogen-bond donors (Lipinski definition) is 2. The summed E-state index contributed by atoms with van der Waals surface area (Å²) in [6.45, 7) is 8.01. The molecule has 2 aliphatic rings. The molecule has 1 aliphatic carbocycles. The Balaban J connectivity index is 1.52. The lowest BCUT2D eigenvalue weighted by atomic mass is 9.85. The van der Waals surface area contributed by atoms with Crippen molar-refractivity contribution < 1.29 is 19.4 Å². The Morgan fingerprint density at radius 3 is 2.68 bits per heavy atom. The number of aliphatic hydroxyl groups excluding tert-OH is 1. The fourth-order valence-electron chi connectivity index (χ4n) is 4.53. The van der Waals surface area contributed by atoms with Crippen molar-refractivity contribution in [2.45, 2.75) is 77.6 Å². The number of β-amino-alcohol motifs (C(OH)–C–C–N with tert-alkyl or cyclic N) is 1. The molecule has 2 aromatic heterocycles. The first-order valence-electron chi connectivity index (χ1n) is 11.8. The minimum Gasteiger partial charge on any atom is -0.495 e. The summed E-state index contributed by atoms with van der Waals surface area (Å²) >= 11 is 0. The highest BCUT2D eigenvalue weighted by molar-refractivity contribution is 5.90. The van der Waals surface area contributed by atoms with Gasteiger partial charge in [0.25, 0.3) is 0 Å². The molecule has 0 unspecified atom stereocenters. The number of nitrogens with one attached hydrogen (secondary N) is 1. The molecule has 0 aromatic carbocycles. The molecule has 4 rings (SSSR count). The van der Waals surface area contributed by atoms with Crippen LogP contribution in [0.1, 0.15) is 69.1 Å². The van der Waals surface area contributed by atoms with E-state index in [1.807, 2.05) is 40.0 Å². The first-order chi connectivity index (χ1) is 16.1. The zero-order valence-corrected chi connectivity index (χ0v) is 20.5. The number of aliphatic hydroxyl groups is 1. The predicted molar refractivity (Wildman–Crippen MR) is 124 cm³/mol. The van der Waals surface area contributed by atoms with Crippen LogP contribution in [-0.4, -0.2) is 67.6 Å². The van der Waals surface area contributed by atoms with Crippen molar-refractivity contribution in [1.29, 1.82) is 0 Å². The first-order valence-corrected chi connectivity index (χ1v) is 11.8. The van der Waals surface area contributed by atoms with Gasteiger partial charge in [-0.1, -0.05) is 26.0 Å². The standard InChI is InChI=1S/C24H34N6O4/c1-14-6-9-20(34-5)17(26-14)11-25-22(32)19-10-16(31)12-29(19)23(33)21(24(2,3)4)30-13-18(27-28-30)15-7-8-15/h6,9,13,15-16,19,21,31H,7-8,10-12H2,1-5H3,(H,25,32)/t16-,19+,21-/m1/s1. The average Bonchev–Trinajstić information content (AvgIpc) is 3.38. The summed E-state index contributed by atoms with van der Waals surface area (Å²) in [6, 6.07) is 2.21. The van der Waals surface area contributed by atoms with Crippen LogP contribution in [0.4, 0.5) is 0 Å². The summed E-state index contributed by atoms with van der Waals surface area (Å²) in [5.41, 5.74) is 1.84. The Kier molecular flexibility index (Phi) is 6.62. The summed E-state index contributed by atoms with van der Waals surface area (Å²) in [6.07, 6.45) is 3.44. The van der Waals surface area contributed by atoms with Crippen LogP contribution in [0.15, 0.2) is 18.3 Å². The van der Waals surface area contributed by atoms with Crippen LogP contribution in [0.25, 0.3) is 0 Å². The summed E-state index contributed by atoms with van der Waals surface area (Å²) in [7, 11) is 1.55. The molecule has 2 fully saturated rings. The smallest absolute Gasteiger partial charge is 0.248 e. The molecule has 2 amide bonds. The van der Waals surface area contributed by atoms with Crippen molar-refractivity contribution in [2.24, 2.45) is 5.41 Å². The van der Waals surface area contributed by atoms with E-state index in [2.05, 4.69) is 20.6 Å². The van der Waals surface area contributed by atoms with Crippen LogP contribution in [0.2, 0.25) is 0 Å². The monoisotopic (exact) mass is 470 g/mol. The SMILES string of the molecule is COc1ccc(C)nc1CNC(=O)[C@@H]1C[C@@H](O)CN1C(=O)[C@@H](n1cc(C2CC2)nn1)C(C)(C)C. The highest BCUT2D eigenvalue weighted by Gasteiger charge is 2.45. The van der Waals surface area contributed by atoms with E-state index < -0.39 is 23.6 Å². The number of amides is 2. The van der Waals surface area contributed by atoms with E-state index in [-0.39, 0.29) is 31.3 Å². The van der Waals surface area contributed by atoms with Gasteiger partial charge in [0.15, 0.2) is 0 Å². The Hall–Kier alpha value is -3.01. The van der Waals surface area contributed by atoms with Gasteiger partial charge in [0, 0.05) is 30.8 Å². The van der Waals surface area contributed by atoms with Crippen LogP contribution in [0.5, 0.6) is 5.75 Å². The fourth-order valence-corrected chi connectivity index (χ4v) is 4.53. The number of nitrogens with zero attached hydrogens (tertiary/aromatic N) is 5. The molecule has 1 saturated carbocycles. The van der Waals surface area contributed by atoms with Crippen molar-refractivity contribution in [2.75, 3.05) is 13.7 Å². The second kappa shape index (κ2) is 9.32. The molecule has 3 atom stereocenters. The van der Waals surface area contributed by atoms with Gasteiger partial charge in [-0.15, -0.1) is 5.10 Å². The van der Waals surface area contributed by atoms with Gasteiger partial charge in [-0.3, -0.25) is 14.6 Å². The maximum Gasteiger partial charge on any atom is 0.248 e. The van der Waals surface area contributed by atoms with Gasteiger partial charge in [0.2, 0.25) is 11.8 Å². The maximum atomic E-state index is 13.8. The number of hydrogen-bond acceptors (Lipinski definition) is 7. The molecule has 184 valence electrons. The number of carbonyl (C=O) groups excluding carboxylic acids is 2. The Bertz CT molecular complexity index is 1060. The van der Waals surface area contributed by atoms with E-state index in [4.69, 9.17) is 4.74 Å². The van der Waals surface area contributed by atoms with E-state index in [0.29, 0.717) is 17.4 Å². The molecular weight excluding hydrogens is 436 g/mol. The minimum absolute atomic E-state index is 0.0969. The lowest BCUT2D eigenvalue weighted by Gasteiger charge is -2.34. The Morgan fingerprint density at radius 2 is 2.03 bits per heavy atom. The summed E-state index contributed by atoms with van der Waals surface area (Å²) < 4.78 is 6.96. The molecule has 1 saturated heterocycles. The lowest BCUT2D eigenvalue weighted by molar-refractivity contribution is -0.144. The van der Waals surface area contributed by atoms with E-state index in [0.717, 1.165) is 24.2 Å². The quantitative estimate of drug-likeness (QED) is 0.632. The average molecular weight is 471 g/mol. The van der Waals surface area contributed by atoms with Crippen molar-refractivity contribution >= 4 is 11.8 Å². The van der Waals surface area contributed by atoms with Gasteiger partial charge in [-0.05, 0) is 37.3 Å². The Morgan fingerprint density at radius 1 is 1.29 bits per heavy atom. The summed E-state index contributed by atoms with van der Waals surface area (Å²) in [5, 5.41) is 21.8. The van der Waals surface area contributed by atoms with Gasteiger partial charge in [0.1, 0.15) is 23.5 Å². The maximum absolute atomic E-state index is 13.8. The third-order valence-corrected chi connectivity index (χ3v) is 6.43. The fraction of sp³-hybridized carbons (Fsp3) is 0.625. The molecular formula is C24H34N6O4. The highest BCUT2D eigenvalue weighted by atomic mass is 16.5. The number of pyridine rings is 1. The van der Waals surface area contributed by atoms with Crippen molar-refractivity contribution in [1.82, 2.24) is 30.2 Å². The van der Waals surface area contributed by atoms with Crippen molar-refractivity contribution in [3.63, 3.8) is 0 Å². The van der Waals surface area contributed by atoms with Crippen LogP contribution >= 0.6 is 0 Å². The number of carbonyl (C=O) groups is 2. The molecule has 0 bridgehead atoms. The molecule has 10 nitrogen and oxygen atoms in total. The highest BCUT2D eigenvalue weighted by Crippen LogP contribution is 2.40. The van der Waals surface area contributed by atoms with Crippen LogP contribution < -0.4 is 10.1 Å². The van der Waals surface area contributed by atoms with E-state index in [9.17, 15) is 14.7 Å². The molecule has 10 heteroatoms. The van der Waals surface area contributed by atoms with Gasteiger partial charge in [-0.2, -0.15) is 0 Å². The molecule has 2 aromatic rings. The second-order valence-corrected chi connectivity index (χ2v) is 10.4. The third kappa shape index (κ3) is 5.06. The van der Waals surface area contributed by atoms with Gasteiger partial charge in [-0.25, -0.2) is 4.68 Å². The molecule has 0 radical (unpaired) electrons. The normalized spacial score (nSPS) is 21.4. The zero-order chi connectivity index (χ0) is 24.6. The number of likely N-dealkylation sites (tertiary alicyclic amines) is 1. The topological polar surface area (TPSA) is 122 Å². The van der Waals surface area contributed by atoms with E-state index >= 15 is 0 Å². The number of methoxy groups -OCH3 is 1. The van der Waals surface area contributed by atoms with Gasteiger partial charge < -0.3 is 20.1 Å². The molecule has 0 spiro atoms.